The Balaban J connectivity index is 2.41. The third-order valence-electron chi connectivity index (χ3n) is 2.36. The zero-order chi connectivity index (χ0) is 11.7. The molecule has 5 heteroatoms. The molecule has 0 aliphatic carbocycles. The maximum atomic E-state index is 13.5. The summed E-state index contributed by atoms with van der Waals surface area (Å²) in [5, 5.41) is 10.3. The Hall–Kier alpha value is -1.39. The molecule has 2 rings (SSSR count). The van der Waals surface area contributed by atoms with Crippen LogP contribution in [0.15, 0.2) is 30.6 Å². The van der Waals surface area contributed by atoms with Crippen LogP contribution in [-0.2, 0) is 7.05 Å². The third kappa shape index (κ3) is 1.94. The largest absolute Gasteiger partial charge is 0.380 e. The maximum absolute atomic E-state index is 13.5. The van der Waals surface area contributed by atoms with Crippen molar-refractivity contribution in [2.45, 2.75) is 6.10 Å². The predicted molar refractivity (Wildman–Crippen MR) is 58.7 cm³/mol. The molecule has 1 heterocycles. The van der Waals surface area contributed by atoms with Crippen LogP contribution in [0.1, 0.15) is 17.5 Å². The maximum Gasteiger partial charge on any atom is 0.142 e. The van der Waals surface area contributed by atoms with Gasteiger partial charge in [-0.15, -0.1) is 0 Å². The van der Waals surface area contributed by atoms with E-state index < -0.39 is 11.9 Å². The highest BCUT2D eigenvalue weighted by molar-refractivity contribution is 6.30. The van der Waals surface area contributed by atoms with Gasteiger partial charge in [-0.05, 0) is 12.1 Å². The van der Waals surface area contributed by atoms with Crippen LogP contribution in [0.2, 0.25) is 5.02 Å². The van der Waals surface area contributed by atoms with Gasteiger partial charge in [-0.1, -0.05) is 17.7 Å². The Labute approximate surface area is 97.1 Å². The average Bonchev–Trinajstić information content (AvgIpc) is 2.63. The number of hydrogen-bond acceptors (Lipinski definition) is 2. The molecular formula is C11H10ClFN2O. The highest BCUT2D eigenvalue weighted by Gasteiger charge is 2.18. The summed E-state index contributed by atoms with van der Waals surface area (Å²) in [4.78, 5) is 3.97. The number of halogens is 2. The van der Waals surface area contributed by atoms with Gasteiger partial charge in [0.2, 0.25) is 0 Å². The van der Waals surface area contributed by atoms with Crippen LogP contribution in [-0.4, -0.2) is 14.7 Å². The summed E-state index contributed by atoms with van der Waals surface area (Å²) in [6, 6.07) is 4.16. The zero-order valence-electron chi connectivity index (χ0n) is 8.56. The van der Waals surface area contributed by atoms with E-state index in [0.717, 1.165) is 0 Å². The van der Waals surface area contributed by atoms with Gasteiger partial charge < -0.3 is 9.67 Å². The van der Waals surface area contributed by atoms with Crippen molar-refractivity contribution in [3.05, 3.63) is 52.8 Å². The summed E-state index contributed by atoms with van der Waals surface area (Å²) in [6.07, 6.45) is 2.15. The van der Waals surface area contributed by atoms with Crippen molar-refractivity contribution >= 4 is 11.6 Å². The molecule has 1 aromatic carbocycles. The minimum atomic E-state index is -1.09. The fraction of sp³-hybridized carbons (Fsp3) is 0.182. The first-order valence-corrected chi connectivity index (χ1v) is 5.07. The van der Waals surface area contributed by atoms with Gasteiger partial charge in [-0.3, -0.25) is 0 Å². The Morgan fingerprint density at radius 1 is 1.50 bits per heavy atom. The third-order valence-corrected chi connectivity index (χ3v) is 2.60. The van der Waals surface area contributed by atoms with Crippen LogP contribution < -0.4 is 0 Å². The first-order valence-electron chi connectivity index (χ1n) is 4.70. The van der Waals surface area contributed by atoms with E-state index in [1.165, 1.54) is 18.2 Å². The van der Waals surface area contributed by atoms with Crippen LogP contribution in [0.4, 0.5) is 4.39 Å². The van der Waals surface area contributed by atoms with Crippen molar-refractivity contribution < 1.29 is 9.50 Å². The minimum Gasteiger partial charge on any atom is -0.380 e. The van der Waals surface area contributed by atoms with Crippen LogP contribution in [0.5, 0.6) is 0 Å². The molecule has 1 N–H and O–H groups in total. The molecule has 1 unspecified atom stereocenters. The van der Waals surface area contributed by atoms with Crippen LogP contribution in [0, 0.1) is 5.82 Å². The molecule has 0 saturated carbocycles. The summed E-state index contributed by atoms with van der Waals surface area (Å²) in [7, 11) is 1.74. The van der Waals surface area contributed by atoms with E-state index in [4.69, 9.17) is 11.6 Å². The molecule has 0 bridgehead atoms. The second-order valence-corrected chi connectivity index (χ2v) is 3.90. The number of aliphatic hydroxyl groups is 1. The summed E-state index contributed by atoms with van der Waals surface area (Å²) in [5.41, 5.74) is 0.165. The molecule has 0 fully saturated rings. The van der Waals surface area contributed by atoms with Crippen molar-refractivity contribution in [2.75, 3.05) is 0 Å². The van der Waals surface area contributed by atoms with E-state index in [0.29, 0.717) is 10.8 Å². The average molecular weight is 241 g/mol. The van der Waals surface area contributed by atoms with E-state index in [2.05, 4.69) is 4.98 Å². The van der Waals surface area contributed by atoms with E-state index in [1.54, 1.807) is 24.0 Å². The van der Waals surface area contributed by atoms with Crippen molar-refractivity contribution in [1.82, 2.24) is 9.55 Å². The molecule has 0 radical (unpaired) electrons. The molecule has 0 aliphatic heterocycles. The minimum absolute atomic E-state index is 0.165. The van der Waals surface area contributed by atoms with Gasteiger partial charge in [0.1, 0.15) is 17.7 Å². The number of aromatic nitrogens is 2. The number of hydrogen-bond donors (Lipinski definition) is 1. The summed E-state index contributed by atoms with van der Waals surface area (Å²) in [5.74, 6) is -0.149. The number of rotatable bonds is 2. The van der Waals surface area contributed by atoms with Gasteiger partial charge >= 0.3 is 0 Å². The number of nitrogens with zero attached hydrogens (tertiary/aromatic N) is 2. The van der Waals surface area contributed by atoms with Crippen LogP contribution in [0.3, 0.4) is 0 Å². The standard InChI is InChI=1S/C11H10ClFN2O/c1-15-5-4-14-11(15)10(16)8-3-2-7(12)6-9(8)13/h2-6,10,16H,1H3. The fourth-order valence-corrected chi connectivity index (χ4v) is 1.66. The molecule has 1 aromatic heterocycles. The Morgan fingerprint density at radius 3 is 2.81 bits per heavy atom. The molecule has 0 spiro atoms. The SMILES string of the molecule is Cn1ccnc1C(O)c1ccc(Cl)cc1F. The second-order valence-electron chi connectivity index (χ2n) is 3.46. The lowest BCUT2D eigenvalue weighted by Crippen LogP contribution is -2.08. The molecule has 0 amide bonds. The highest BCUT2D eigenvalue weighted by Crippen LogP contribution is 2.24. The van der Waals surface area contributed by atoms with E-state index in [-0.39, 0.29) is 5.56 Å². The van der Waals surface area contributed by atoms with Crippen molar-refractivity contribution in [2.24, 2.45) is 7.05 Å². The number of imidazole rings is 1. The van der Waals surface area contributed by atoms with Gasteiger partial charge in [0.15, 0.2) is 0 Å². The first-order chi connectivity index (χ1) is 7.59. The summed E-state index contributed by atoms with van der Waals surface area (Å²) in [6.45, 7) is 0. The normalized spacial score (nSPS) is 12.8. The zero-order valence-corrected chi connectivity index (χ0v) is 9.32. The van der Waals surface area contributed by atoms with Gasteiger partial charge in [0, 0.05) is 30.0 Å². The predicted octanol–water partition coefficient (Wildman–Crippen LogP) is 2.29. The molecule has 16 heavy (non-hydrogen) atoms. The molecular weight excluding hydrogens is 231 g/mol. The Bertz CT molecular complexity index is 512. The lowest BCUT2D eigenvalue weighted by Gasteiger charge is -2.11. The quantitative estimate of drug-likeness (QED) is 0.875. The first kappa shape index (κ1) is 11.1. The number of benzene rings is 1. The number of aryl methyl sites for hydroxylation is 1. The summed E-state index contributed by atoms with van der Waals surface area (Å²) >= 11 is 5.64. The van der Waals surface area contributed by atoms with Crippen LogP contribution in [0.25, 0.3) is 0 Å². The van der Waals surface area contributed by atoms with Crippen molar-refractivity contribution in [3.63, 3.8) is 0 Å². The lowest BCUT2D eigenvalue weighted by molar-refractivity contribution is 0.201. The monoisotopic (exact) mass is 240 g/mol. The van der Waals surface area contributed by atoms with Crippen molar-refractivity contribution in [1.29, 1.82) is 0 Å². The summed E-state index contributed by atoms with van der Waals surface area (Å²) < 4.78 is 15.2. The second kappa shape index (κ2) is 4.23. The smallest absolute Gasteiger partial charge is 0.142 e. The number of aliphatic hydroxyl groups excluding tert-OH is 1. The van der Waals surface area contributed by atoms with Crippen LogP contribution >= 0.6 is 11.6 Å². The van der Waals surface area contributed by atoms with Gasteiger partial charge in [0.25, 0.3) is 0 Å². The topological polar surface area (TPSA) is 38.0 Å². The molecule has 0 aliphatic rings. The Kier molecular flexibility index (Phi) is 2.94. The lowest BCUT2D eigenvalue weighted by atomic mass is 10.1. The Morgan fingerprint density at radius 2 is 2.25 bits per heavy atom. The van der Waals surface area contributed by atoms with Gasteiger partial charge in [-0.25, -0.2) is 9.37 Å². The fourth-order valence-electron chi connectivity index (χ4n) is 1.50. The molecule has 3 nitrogen and oxygen atoms in total. The van der Waals surface area contributed by atoms with E-state index in [9.17, 15) is 9.50 Å². The van der Waals surface area contributed by atoms with E-state index >= 15 is 0 Å². The molecule has 2 aromatic rings. The highest BCUT2D eigenvalue weighted by atomic mass is 35.5. The molecule has 84 valence electrons. The molecule has 1 atom stereocenters. The van der Waals surface area contributed by atoms with Crippen molar-refractivity contribution in [3.8, 4) is 0 Å². The van der Waals surface area contributed by atoms with E-state index in [1.807, 2.05) is 0 Å². The van der Waals surface area contributed by atoms with Gasteiger partial charge in [0.05, 0.1) is 0 Å². The van der Waals surface area contributed by atoms with Gasteiger partial charge in [-0.2, -0.15) is 0 Å². The molecule has 0 saturated heterocycles.